The highest BCUT2D eigenvalue weighted by Crippen LogP contribution is 2.33. The number of methoxy groups -OCH3 is 3. The van der Waals surface area contributed by atoms with E-state index in [9.17, 15) is 9.18 Å². The second-order valence-corrected chi connectivity index (χ2v) is 9.17. The van der Waals surface area contributed by atoms with Gasteiger partial charge in [-0.25, -0.2) is 9.37 Å². The SMILES string of the molecule is COc1ccc(Br)cc1.COc1cccc(C(=O)c2cn(-c3cccc(-c4c(F)cccc4OC)c3)cn2)c1. The standard InChI is InChI=1S/C24H19FN2O3.C7H7BrO/c1-29-19-9-4-7-17(13-19)24(28)21-14-27(15-26-21)18-8-3-6-16(12-18)23-20(25)10-5-11-22(23)30-2;1-9-7-4-2-6(8)3-5-7/h3-15H,1-2H3;2-5H,1H3. The Morgan fingerprint density at radius 2 is 1.54 bits per heavy atom. The molecule has 0 aliphatic rings. The summed E-state index contributed by atoms with van der Waals surface area (Å²) in [6, 6.07) is 26.7. The molecule has 198 valence electrons. The minimum Gasteiger partial charge on any atom is -0.497 e. The summed E-state index contributed by atoms with van der Waals surface area (Å²) in [6.07, 6.45) is 3.21. The molecule has 0 bridgehead atoms. The van der Waals surface area contributed by atoms with E-state index in [0.717, 1.165) is 15.9 Å². The molecule has 0 aliphatic carbocycles. The second kappa shape index (κ2) is 12.9. The van der Waals surface area contributed by atoms with Crippen molar-refractivity contribution in [2.45, 2.75) is 0 Å². The van der Waals surface area contributed by atoms with E-state index < -0.39 is 0 Å². The monoisotopic (exact) mass is 588 g/mol. The first-order valence-electron chi connectivity index (χ1n) is 11.9. The van der Waals surface area contributed by atoms with Crippen molar-refractivity contribution in [2.24, 2.45) is 0 Å². The molecule has 0 unspecified atom stereocenters. The molecule has 0 atom stereocenters. The van der Waals surface area contributed by atoms with Crippen molar-refractivity contribution in [3.63, 3.8) is 0 Å². The summed E-state index contributed by atoms with van der Waals surface area (Å²) in [5.74, 6) is 1.36. The number of aromatic nitrogens is 2. The number of carbonyl (C=O) groups is 1. The number of hydrogen-bond donors (Lipinski definition) is 0. The van der Waals surface area contributed by atoms with E-state index in [1.807, 2.05) is 48.5 Å². The van der Waals surface area contributed by atoms with Crippen LogP contribution in [0.15, 0.2) is 108 Å². The van der Waals surface area contributed by atoms with Gasteiger partial charge in [-0.15, -0.1) is 0 Å². The van der Waals surface area contributed by atoms with E-state index >= 15 is 0 Å². The van der Waals surface area contributed by atoms with Gasteiger partial charge >= 0.3 is 0 Å². The fourth-order valence-electron chi connectivity index (χ4n) is 3.84. The summed E-state index contributed by atoms with van der Waals surface area (Å²) in [6.45, 7) is 0. The molecule has 0 fully saturated rings. The maximum absolute atomic E-state index is 14.5. The zero-order valence-corrected chi connectivity index (χ0v) is 23.2. The first-order chi connectivity index (χ1) is 18.9. The summed E-state index contributed by atoms with van der Waals surface area (Å²) in [7, 11) is 4.72. The molecule has 5 aromatic rings. The van der Waals surface area contributed by atoms with Gasteiger partial charge in [0.1, 0.15) is 35.1 Å². The van der Waals surface area contributed by atoms with E-state index in [2.05, 4.69) is 20.9 Å². The summed E-state index contributed by atoms with van der Waals surface area (Å²) >= 11 is 3.32. The highest BCUT2D eigenvalue weighted by atomic mass is 79.9. The van der Waals surface area contributed by atoms with Crippen LogP contribution in [-0.4, -0.2) is 36.7 Å². The highest BCUT2D eigenvalue weighted by molar-refractivity contribution is 9.10. The van der Waals surface area contributed by atoms with Gasteiger partial charge in [0.15, 0.2) is 0 Å². The number of ketones is 1. The van der Waals surface area contributed by atoms with Crippen LogP contribution in [0.1, 0.15) is 16.1 Å². The van der Waals surface area contributed by atoms with Crippen LogP contribution >= 0.6 is 15.9 Å². The number of nitrogens with zero attached hydrogens (tertiary/aromatic N) is 2. The van der Waals surface area contributed by atoms with Crippen LogP contribution in [0.5, 0.6) is 17.2 Å². The Bertz CT molecular complexity index is 1570. The van der Waals surface area contributed by atoms with Crippen molar-refractivity contribution in [3.8, 4) is 34.1 Å². The molecule has 39 heavy (non-hydrogen) atoms. The van der Waals surface area contributed by atoms with Crippen molar-refractivity contribution in [3.05, 3.63) is 125 Å². The number of ether oxygens (including phenoxy) is 3. The van der Waals surface area contributed by atoms with Gasteiger partial charge in [-0.05, 0) is 66.2 Å². The van der Waals surface area contributed by atoms with Crippen molar-refractivity contribution >= 4 is 21.7 Å². The predicted molar refractivity (Wildman–Crippen MR) is 153 cm³/mol. The fraction of sp³-hybridized carbons (Fsp3) is 0.0968. The van der Waals surface area contributed by atoms with Crippen LogP contribution in [0.2, 0.25) is 0 Å². The molecule has 1 aromatic heterocycles. The topological polar surface area (TPSA) is 62.6 Å². The third-order valence-corrected chi connectivity index (χ3v) is 6.35. The van der Waals surface area contributed by atoms with E-state index in [0.29, 0.717) is 33.9 Å². The number of imidazole rings is 1. The van der Waals surface area contributed by atoms with E-state index in [1.54, 1.807) is 67.7 Å². The molecule has 6 nitrogen and oxygen atoms in total. The van der Waals surface area contributed by atoms with Crippen LogP contribution < -0.4 is 14.2 Å². The number of hydrogen-bond acceptors (Lipinski definition) is 5. The summed E-state index contributed by atoms with van der Waals surface area (Å²) in [5, 5.41) is 0. The molecule has 0 amide bonds. The maximum atomic E-state index is 14.5. The molecule has 0 radical (unpaired) electrons. The first-order valence-corrected chi connectivity index (χ1v) is 12.7. The Morgan fingerprint density at radius 3 is 2.26 bits per heavy atom. The van der Waals surface area contributed by atoms with Gasteiger partial charge in [0.2, 0.25) is 5.78 Å². The molecule has 5 rings (SSSR count). The van der Waals surface area contributed by atoms with Gasteiger partial charge in [0.25, 0.3) is 0 Å². The number of halogens is 2. The Hall–Kier alpha value is -4.43. The van der Waals surface area contributed by atoms with Crippen LogP contribution in [-0.2, 0) is 0 Å². The Kier molecular flexibility index (Phi) is 9.12. The molecule has 1 heterocycles. The Morgan fingerprint density at radius 1 is 0.821 bits per heavy atom. The molecule has 4 aromatic carbocycles. The van der Waals surface area contributed by atoms with E-state index in [1.165, 1.54) is 13.2 Å². The number of benzene rings is 4. The smallest absolute Gasteiger partial charge is 0.213 e. The fourth-order valence-corrected chi connectivity index (χ4v) is 4.11. The normalized spacial score (nSPS) is 10.3. The van der Waals surface area contributed by atoms with Crippen LogP contribution in [0.4, 0.5) is 4.39 Å². The molecule has 0 saturated carbocycles. The lowest BCUT2D eigenvalue weighted by Crippen LogP contribution is -2.02. The van der Waals surface area contributed by atoms with Crippen LogP contribution in [0, 0.1) is 5.82 Å². The minimum atomic E-state index is -0.369. The summed E-state index contributed by atoms with van der Waals surface area (Å²) < 4.78 is 32.7. The molecule has 0 N–H and O–H groups in total. The van der Waals surface area contributed by atoms with E-state index in [4.69, 9.17) is 14.2 Å². The Balaban J connectivity index is 0.000000333. The molecule has 0 spiro atoms. The van der Waals surface area contributed by atoms with Gasteiger partial charge in [-0.1, -0.05) is 46.3 Å². The molecule has 8 heteroatoms. The van der Waals surface area contributed by atoms with E-state index in [-0.39, 0.29) is 11.6 Å². The second-order valence-electron chi connectivity index (χ2n) is 8.25. The summed E-state index contributed by atoms with van der Waals surface area (Å²) in [4.78, 5) is 17.0. The largest absolute Gasteiger partial charge is 0.497 e. The zero-order valence-electron chi connectivity index (χ0n) is 21.6. The maximum Gasteiger partial charge on any atom is 0.213 e. The third kappa shape index (κ3) is 6.72. The van der Waals surface area contributed by atoms with Crippen molar-refractivity contribution < 1.29 is 23.4 Å². The quantitative estimate of drug-likeness (QED) is 0.185. The van der Waals surface area contributed by atoms with Crippen LogP contribution in [0.3, 0.4) is 0 Å². The number of rotatable bonds is 7. The lowest BCUT2D eigenvalue weighted by atomic mass is 10.0. The van der Waals surface area contributed by atoms with Gasteiger partial charge < -0.3 is 18.8 Å². The van der Waals surface area contributed by atoms with Gasteiger partial charge in [-0.2, -0.15) is 0 Å². The average molecular weight is 589 g/mol. The van der Waals surface area contributed by atoms with Crippen LogP contribution in [0.25, 0.3) is 16.8 Å². The van der Waals surface area contributed by atoms with Crippen molar-refractivity contribution in [1.29, 1.82) is 0 Å². The lowest BCUT2D eigenvalue weighted by Gasteiger charge is -2.11. The third-order valence-electron chi connectivity index (χ3n) is 5.82. The molecule has 0 aliphatic heterocycles. The van der Waals surface area contributed by atoms with Gasteiger partial charge in [-0.3, -0.25) is 4.79 Å². The van der Waals surface area contributed by atoms with Gasteiger partial charge in [0.05, 0.1) is 26.9 Å². The number of carbonyl (C=O) groups excluding carboxylic acids is 1. The summed E-state index contributed by atoms with van der Waals surface area (Å²) in [5.41, 5.74) is 2.59. The minimum absolute atomic E-state index is 0.209. The molecular formula is C31H26BrFN2O4. The highest BCUT2D eigenvalue weighted by Gasteiger charge is 2.15. The van der Waals surface area contributed by atoms with Crippen molar-refractivity contribution in [1.82, 2.24) is 9.55 Å². The predicted octanol–water partition coefficient (Wildman–Crippen LogP) is 7.38. The first kappa shape index (κ1) is 27.6. The average Bonchev–Trinajstić information content (AvgIpc) is 3.48. The molecule has 0 saturated heterocycles. The van der Waals surface area contributed by atoms with Crippen molar-refractivity contribution in [2.75, 3.05) is 21.3 Å². The molecular weight excluding hydrogens is 563 g/mol. The van der Waals surface area contributed by atoms with Gasteiger partial charge in [0, 0.05) is 21.9 Å². The Labute approximate surface area is 234 Å². The zero-order chi connectivity index (χ0) is 27.8. The lowest BCUT2D eigenvalue weighted by molar-refractivity contribution is 0.103.